The maximum atomic E-state index is 13.0. The van der Waals surface area contributed by atoms with E-state index in [1.54, 1.807) is 25.8 Å². The number of aliphatic hydroxyl groups is 1. The number of hydrogen-bond donors (Lipinski definition) is 1. The molecule has 0 saturated carbocycles. The van der Waals surface area contributed by atoms with E-state index in [0.29, 0.717) is 6.54 Å². The Morgan fingerprint density at radius 3 is 2.46 bits per heavy atom. The standard InChI is InChI=1S/C17H21F3N2O5S/c1-16(2)15(24)14(22-7-6-21(3)9-13(22)23)11-8-10(4-5-12(11)27-16)28(25,26)17(18,19)20/h4-5,8,14-15,24H,6-7,9H2,1-3H3. The molecule has 0 aliphatic carbocycles. The maximum absolute atomic E-state index is 13.0. The van der Waals surface area contributed by atoms with Gasteiger partial charge in [-0.15, -0.1) is 0 Å². The molecular weight excluding hydrogens is 401 g/mol. The Hall–Kier alpha value is -1.85. The molecule has 0 radical (unpaired) electrons. The van der Waals surface area contributed by atoms with E-state index in [1.807, 2.05) is 0 Å². The molecule has 28 heavy (non-hydrogen) atoms. The van der Waals surface area contributed by atoms with Crippen LogP contribution in [0, 0.1) is 0 Å². The lowest BCUT2D eigenvalue weighted by molar-refractivity contribution is -0.149. The molecule has 2 unspecified atom stereocenters. The number of rotatable bonds is 2. The molecule has 0 aromatic heterocycles. The fourth-order valence-corrected chi connectivity index (χ4v) is 4.28. The van der Waals surface area contributed by atoms with Crippen LogP contribution in [-0.2, 0) is 14.6 Å². The number of carbonyl (C=O) groups is 1. The first-order valence-corrected chi connectivity index (χ1v) is 10.0. The molecule has 0 spiro atoms. The molecule has 2 atom stereocenters. The summed E-state index contributed by atoms with van der Waals surface area (Å²) < 4.78 is 68.2. The van der Waals surface area contributed by atoms with Gasteiger partial charge in [0.25, 0.3) is 9.84 Å². The molecule has 3 rings (SSSR count). The highest BCUT2D eigenvalue weighted by molar-refractivity contribution is 7.92. The zero-order chi connectivity index (χ0) is 21.1. The van der Waals surface area contributed by atoms with E-state index >= 15 is 0 Å². The van der Waals surface area contributed by atoms with Crippen molar-refractivity contribution >= 4 is 15.7 Å². The van der Waals surface area contributed by atoms with E-state index in [0.717, 1.165) is 18.2 Å². The second-order valence-electron chi connectivity index (χ2n) is 7.57. The van der Waals surface area contributed by atoms with Crippen molar-refractivity contribution in [3.8, 4) is 5.75 Å². The monoisotopic (exact) mass is 422 g/mol. The van der Waals surface area contributed by atoms with Gasteiger partial charge in [0, 0.05) is 18.7 Å². The molecule has 2 heterocycles. The predicted octanol–water partition coefficient (Wildman–Crippen LogP) is 1.33. The van der Waals surface area contributed by atoms with Crippen LogP contribution < -0.4 is 4.74 Å². The van der Waals surface area contributed by atoms with Gasteiger partial charge >= 0.3 is 5.51 Å². The van der Waals surface area contributed by atoms with Crippen LogP contribution >= 0.6 is 0 Å². The number of fused-ring (bicyclic) bond motifs is 1. The Balaban J connectivity index is 2.14. The number of piperazine rings is 1. The molecule has 2 aliphatic rings. The Morgan fingerprint density at radius 1 is 1.25 bits per heavy atom. The van der Waals surface area contributed by atoms with Crippen molar-refractivity contribution in [2.45, 2.75) is 42.0 Å². The number of carbonyl (C=O) groups excluding carboxylic acids is 1. The molecule has 0 bridgehead atoms. The summed E-state index contributed by atoms with van der Waals surface area (Å²) in [4.78, 5) is 14.7. The number of likely N-dealkylation sites (N-methyl/N-ethyl adjacent to an activating group) is 1. The van der Waals surface area contributed by atoms with Gasteiger partial charge in [0.1, 0.15) is 17.5 Å². The van der Waals surface area contributed by atoms with E-state index in [4.69, 9.17) is 4.74 Å². The maximum Gasteiger partial charge on any atom is 0.501 e. The van der Waals surface area contributed by atoms with Crippen LogP contribution in [0.3, 0.4) is 0 Å². The number of hydrogen-bond acceptors (Lipinski definition) is 6. The number of sulfone groups is 1. The molecule has 2 aliphatic heterocycles. The van der Waals surface area contributed by atoms with Crippen LogP contribution in [0.15, 0.2) is 23.1 Å². The van der Waals surface area contributed by atoms with Gasteiger partial charge in [-0.3, -0.25) is 9.69 Å². The first-order valence-electron chi connectivity index (χ1n) is 8.56. The van der Waals surface area contributed by atoms with Crippen molar-refractivity contribution in [2.24, 2.45) is 0 Å². The van der Waals surface area contributed by atoms with Gasteiger partial charge in [-0.2, -0.15) is 13.2 Å². The lowest BCUT2D eigenvalue weighted by Crippen LogP contribution is -2.58. The zero-order valence-electron chi connectivity index (χ0n) is 15.5. The first-order chi connectivity index (χ1) is 12.8. The molecule has 11 heteroatoms. The van der Waals surface area contributed by atoms with Gasteiger partial charge in [0.15, 0.2) is 0 Å². The second kappa shape index (κ2) is 6.60. The summed E-state index contributed by atoms with van der Waals surface area (Å²) in [6.45, 7) is 4.01. The number of amides is 1. The second-order valence-corrected chi connectivity index (χ2v) is 9.51. The third-order valence-electron chi connectivity index (χ3n) is 5.08. The SMILES string of the molecule is CN1CCN(C2c3cc(S(=O)(=O)C(F)(F)F)ccc3OC(C)(C)C2O)C(=O)C1. The number of halogens is 3. The number of aliphatic hydroxyl groups excluding tert-OH is 1. The summed E-state index contributed by atoms with van der Waals surface area (Å²) in [5.74, 6) is -0.182. The Kier molecular flexibility index (Phi) is 4.92. The van der Waals surface area contributed by atoms with Crippen LogP contribution in [-0.4, -0.2) is 73.1 Å². The van der Waals surface area contributed by atoms with Crippen LogP contribution in [0.2, 0.25) is 0 Å². The van der Waals surface area contributed by atoms with E-state index in [1.165, 1.54) is 4.90 Å². The van der Waals surface area contributed by atoms with Gasteiger partial charge in [0.05, 0.1) is 17.5 Å². The van der Waals surface area contributed by atoms with Crippen molar-refractivity contribution < 1.29 is 36.2 Å². The highest BCUT2D eigenvalue weighted by Crippen LogP contribution is 2.45. The van der Waals surface area contributed by atoms with Crippen LogP contribution in [0.25, 0.3) is 0 Å². The number of benzene rings is 1. The summed E-state index contributed by atoms with van der Waals surface area (Å²) in [5.41, 5.74) is -6.56. The summed E-state index contributed by atoms with van der Waals surface area (Å²) in [7, 11) is -3.83. The van der Waals surface area contributed by atoms with Crippen molar-refractivity contribution in [2.75, 3.05) is 26.7 Å². The molecule has 7 nitrogen and oxygen atoms in total. The van der Waals surface area contributed by atoms with Gasteiger partial charge < -0.3 is 14.7 Å². The average molecular weight is 422 g/mol. The fourth-order valence-electron chi connectivity index (χ4n) is 3.48. The van der Waals surface area contributed by atoms with E-state index in [2.05, 4.69) is 0 Å². The minimum absolute atomic E-state index is 0.0371. The van der Waals surface area contributed by atoms with Crippen LogP contribution in [0.1, 0.15) is 25.5 Å². The Morgan fingerprint density at radius 2 is 1.89 bits per heavy atom. The highest BCUT2D eigenvalue weighted by atomic mass is 32.2. The molecule has 1 aromatic carbocycles. The molecule has 1 aromatic rings. The van der Waals surface area contributed by atoms with E-state index < -0.39 is 38.0 Å². The van der Waals surface area contributed by atoms with Crippen LogP contribution in [0.5, 0.6) is 5.75 Å². The number of alkyl halides is 3. The fraction of sp³-hybridized carbons (Fsp3) is 0.588. The topological polar surface area (TPSA) is 87.2 Å². The zero-order valence-corrected chi connectivity index (χ0v) is 16.3. The Labute approximate surface area is 160 Å². The molecule has 1 N–H and O–H groups in total. The molecule has 1 saturated heterocycles. The van der Waals surface area contributed by atoms with Crippen molar-refractivity contribution in [3.05, 3.63) is 23.8 Å². The summed E-state index contributed by atoms with van der Waals surface area (Å²) >= 11 is 0. The summed E-state index contributed by atoms with van der Waals surface area (Å²) in [5, 5.41) is 10.8. The third-order valence-corrected chi connectivity index (χ3v) is 6.57. The summed E-state index contributed by atoms with van der Waals surface area (Å²) in [6.07, 6.45) is -1.27. The summed E-state index contributed by atoms with van der Waals surface area (Å²) in [6, 6.07) is 1.77. The highest BCUT2D eigenvalue weighted by Gasteiger charge is 2.50. The predicted molar refractivity (Wildman–Crippen MR) is 92.3 cm³/mol. The van der Waals surface area contributed by atoms with Crippen molar-refractivity contribution in [1.29, 1.82) is 0 Å². The van der Waals surface area contributed by atoms with Crippen LogP contribution in [0.4, 0.5) is 13.2 Å². The van der Waals surface area contributed by atoms with Gasteiger partial charge in [-0.05, 0) is 39.1 Å². The lowest BCUT2D eigenvalue weighted by atomic mass is 9.85. The van der Waals surface area contributed by atoms with E-state index in [9.17, 15) is 31.5 Å². The Bertz CT molecular complexity index is 901. The van der Waals surface area contributed by atoms with Crippen molar-refractivity contribution in [3.63, 3.8) is 0 Å². The minimum Gasteiger partial charge on any atom is -0.485 e. The minimum atomic E-state index is -5.58. The van der Waals surface area contributed by atoms with Gasteiger partial charge in [0.2, 0.25) is 5.91 Å². The quantitative estimate of drug-likeness (QED) is 0.774. The first kappa shape index (κ1) is 20.9. The average Bonchev–Trinajstić information content (AvgIpc) is 2.55. The van der Waals surface area contributed by atoms with E-state index in [-0.39, 0.29) is 30.3 Å². The number of ether oxygens (including phenoxy) is 1. The molecule has 1 fully saturated rings. The third kappa shape index (κ3) is 3.35. The number of nitrogens with zero attached hydrogens (tertiary/aromatic N) is 2. The normalized spacial score (nSPS) is 26.0. The van der Waals surface area contributed by atoms with Gasteiger partial charge in [-0.1, -0.05) is 0 Å². The van der Waals surface area contributed by atoms with Crippen molar-refractivity contribution in [1.82, 2.24) is 9.80 Å². The van der Waals surface area contributed by atoms with Gasteiger partial charge in [-0.25, -0.2) is 8.42 Å². The largest absolute Gasteiger partial charge is 0.501 e. The molecular formula is C17H21F3N2O5S. The molecule has 1 amide bonds. The smallest absolute Gasteiger partial charge is 0.485 e. The lowest BCUT2D eigenvalue weighted by Gasteiger charge is -2.48. The molecule has 156 valence electrons.